The average molecular weight is 369 g/mol. The summed E-state index contributed by atoms with van der Waals surface area (Å²) in [5, 5.41) is 14.1. The zero-order valence-electron chi connectivity index (χ0n) is 12.5. The second-order valence-electron chi connectivity index (χ2n) is 4.09. The normalized spacial score (nSPS) is 12.5. The smallest absolute Gasteiger partial charge is 0.264 e. The molecule has 12 heteroatoms. The highest BCUT2D eigenvalue weighted by molar-refractivity contribution is 7.85. The largest absolute Gasteiger partial charge is 0.364 e. The minimum absolute atomic E-state index is 0.231. The van der Waals surface area contributed by atoms with E-state index < -0.39 is 10.1 Å². The van der Waals surface area contributed by atoms with E-state index in [1.807, 2.05) is 0 Å². The first-order valence-electron chi connectivity index (χ1n) is 6.21. The molecule has 5 N–H and O–H groups in total. The van der Waals surface area contributed by atoms with Gasteiger partial charge in [0.05, 0.1) is 17.2 Å². The first-order chi connectivity index (χ1) is 10.2. The standard InChI is InChI=1S/C10H20N6O3S3/c1-7(13-15-9(20)11-3)8(2)14-16-10(21)12-5-4-6-22(17,18)19/h4-6H2,1-3H3,(H2,11,15,20)(H2,12,16,21)(H,17,18,19)/b13-7+,14-8+. The maximum Gasteiger partial charge on any atom is 0.264 e. The van der Waals surface area contributed by atoms with Gasteiger partial charge in [0.25, 0.3) is 10.1 Å². The van der Waals surface area contributed by atoms with Gasteiger partial charge in [0.15, 0.2) is 10.2 Å². The van der Waals surface area contributed by atoms with Crippen LogP contribution in [0.4, 0.5) is 0 Å². The van der Waals surface area contributed by atoms with Gasteiger partial charge < -0.3 is 10.6 Å². The van der Waals surface area contributed by atoms with E-state index in [0.29, 0.717) is 23.1 Å². The number of hydrazone groups is 2. The van der Waals surface area contributed by atoms with E-state index in [-0.39, 0.29) is 17.3 Å². The van der Waals surface area contributed by atoms with Gasteiger partial charge in [-0.15, -0.1) is 0 Å². The van der Waals surface area contributed by atoms with Crippen molar-refractivity contribution in [2.24, 2.45) is 10.2 Å². The molecule has 0 aliphatic heterocycles. The maximum absolute atomic E-state index is 10.5. The quantitative estimate of drug-likeness (QED) is 0.134. The van der Waals surface area contributed by atoms with E-state index in [4.69, 9.17) is 29.0 Å². The molecule has 126 valence electrons. The van der Waals surface area contributed by atoms with Gasteiger partial charge in [0.1, 0.15) is 0 Å². The Labute approximate surface area is 140 Å². The maximum atomic E-state index is 10.5. The molecule has 9 nitrogen and oxygen atoms in total. The van der Waals surface area contributed by atoms with E-state index in [9.17, 15) is 8.42 Å². The van der Waals surface area contributed by atoms with Crippen LogP contribution in [0.15, 0.2) is 10.2 Å². The Morgan fingerprint density at radius 3 is 2.05 bits per heavy atom. The predicted octanol–water partition coefficient (Wildman–Crippen LogP) is -0.426. The number of hydrogen-bond donors (Lipinski definition) is 5. The molecule has 0 amide bonds. The minimum atomic E-state index is -3.94. The van der Waals surface area contributed by atoms with E-state index in [1.165, 1.54) is 0 Å². The second kappa shape index (κ2) is 10.4. The lowest BCUT2D eigenvalue weighted by Crippen LogP contribution is -2.34. The summed E-state index contributed by atoms with van der Waals surface area (Å²) in [6.07, 6.45) is 0.231. The third-order valence-electron chi connectivity index (χ3n) is 2.27. The van der Waals surface area contributed by atoms with E-state index >= 15 is 0 Å². The number of rotatable bonds is 7. The van der Waals surface area contributed by atoms with Gasteiger partial charge in [-0.05, 0) is 44.7 Å². The highest BCUT2D eigenvalue weighted by Crippen LogP contribution is 1.87. The van der Waals surface area contributed by atoms with Gasteiger partial charge in [0, 0.05) is 13.6 Å². The summed E-state index contributed by atoms with van der Waals surface area (Å²) >= 11 is 9.84. The van der Waals surface area contributed by atoms with Crippen molar-refractivity contribution in [3.05, 3.63) is 0 Å². The topological polar surface area (TPSA) is 127 Å². The summed E-state index contributed by atoms with van der Waals surface area (Å²) in [5.74, 6) is -0.326. The molecule has 0 bridgehead atoms. The molecule has 0 fully saturated rings. The molecule has 0 aliphatic rings. The molecule has 22 heavy (non-hydrogen) atoms. The fourth-order valence-corrected chi connectivity index (χ4v) is 1.69. The second-order valence-corrected chi connectivity index (χ2v) is 6.48. The lowest BCUT2D eigenvalue weighted by atomic mass is 10.3. The number of nitrogens with one attached hydrogen (secondary N) is 4. The van der Waals surface area contributed by atoms with Crippen LogP contribution in [0.5, 0.6) is 0 Å². The Balaban J connectivity index is 4.17. The van der Waals surface area contributed by atoms with Crippen LogP contribution >= 0.6 is 24.4 Å². The van der Waals surface area contributed by atoms with Crippen LogP contribution in [-0.2, 0) is 10.1 Å². The molecule has 0 aromatic rings. The summed E-state index contributed by atoms with van der Waals surface area (Å²) in [5.41, 5.74) is 6.43. The van der Waals surface area contributed by atoms with Crippen LogP contribution in [0.25, 0.3) is 0 Å². The third-order valence-corrected chi connectivity index (χ3v) is 3.60. The van der Waals surface area contributed by atoms with Crippen molar-refractivity contribution in [3.63, 3.8) is 0 Å². The van der Waals surface area contributed by atoms with E-state index in [2.05, 4.69) is 31.7 Å². The van der Waals surface area contributed by atoms with Crippen molar-refractivity contribution in [1.29, 1.82) is 0 Å². The van der Waals surface area contributed by atoms with Gasteiger partial charge in [-0.3, -0.25) is 15.4 Å². The predicted molar refractivity (Wildman–Crippen MR) is 95.8 cm³/mol. The first-order valence-corrected chi connectivity index (χ1v) is 8.64. The van der Waals surface area contributed by atoms with Crippen molar-refractivity contribution in [1.82, 2.24) is 21.5 Å². The van der Waals surface area contributed by atoms with Crippen molar-refractivity contribution in [2.75, 3.05) is 19.3 Å². The fourth-order valence-electron chi connectivity index (χ4n) is 0.983. The van der Waals surface area contributed by atoms with Crippen LogP contribution in [-0.4, -0.2) is 54.0 Å². The van der Waals surface area contributed by atoms with Gasteiger partial charge in [-0.2, -0.15) is 18.6 Å². The van der Waals surface area contributed by atoms with Crippen LogP contribution in [0, 0.1) is 0 Å². The molecule has 0 unspecified atom stereocenters. The van der Waals surface area contributed by atoms with Crippen molar-refractivity contribution < 1.29 is 13.0 Å². The van der Waals surface area contributed by atoms with Crippen molar-refractivity contribution >= 4 is 56.2 Å². The molecule has 0 aromatic carbocycles. The Morgan fingerprint density at radius 1 is 1.09 bits per heavy atom. The number of thiocarbonyl (C=S) groups is 2. The molecule has 0 rings (SSSR count). The number of nitrogens with zero attached hydrogens (tertiary/aromatic N) is 2. The summed E-state index contributed by atoms with van der Waals surface area (Å²) in [6.45, 7) is 3.77. The molecular weight excluding hydrogens is 348 g/mol. The monoisotopic (exact) mass is 368 g/mol. The Bertz CT molecular complexity index is 558. The molecule has 0 spiro atoms. The van der Waals surface area contributed by atoms with Gasteiger partial charge in [-0.1, -0.05) is 0 Å². The molecule has 0 atom stereocenters. The van der Waals surface area contributed by atoms with Crippen molar-refractivity contribution in [2.45, 2.75) is 20.3 Å². The Kier molecular flexibility index (Phi) is 9.73. The van der Waals surface area contributed by atoms with E-state index in [1.54, 1.807) is 20.9 Å². The van der Waals surface area contributed by atoms with Crippen LogP contribution in [0.1, 0.15) is 20.3 Å². The molecule has 0 heterocycles. The van der Waals surface area contributed by atoms with Gasteiger partial charge in [-0.25, -0.2) is 0 Å². The fraction of sp³-hybridized carbons (Fsp3) is 0.600. The molecule has 0 radical (unpaired) electrons. The van der Waals surface area contributed by atoms with Gasteiger partial charge in [0.2, 0.25) is 0 Å². The molecule has 0 saturated heterocycles. The summed E-state index contributed by atoms with van der Waals surface area (Å²) in [4.78, 5) is 0. The summed E-state index contributed by atoms with van der Waals surface area (Å²) in [6, 6.07) is 0. The Hall–Kier alpha value is -1.37. The van der Waals surface area contributed by atoms with Crippen LogP contribution in [0.2, 0.25) is 0 Å². The lowest BCUT2D eigenvalue weighted by molar-refractivity contribution is 0.481. The summed E-state index contributed by atoms with van der Waals surface area (Å²) < 4.78 is 29.6. The Morgan fingerprint density at radius 2 is 1.59 bits per heavy atom. The molecule has 0 aromatic heterocycles. The summed E-state index contributed by atoms with van der Waals surface area (Å²) in [7, 11) is -2.27. The first kappa shape index (κ1) is 20.6. The zero-order chi connectivity index (χ0) is 17.2. The average Bonchev–Trinajstić information content (AvgIpc) is 2.45. The SMILES string of the molecule is CNC(=S)N/N=C(C)/C(C)=N/NC(=S)NCCCS(=O)(=O)O. The molecule has 0 aliphatic carbocycles. The highest BCUT2D eigenvalue weighted by Gasteiger charge is 2.04. The van der Waals surface area contributed by atoms with Crippen molar-refractivity contribution in [3.8, 4) is 0 Å². The number of hydrogen-bond acceptors (Lipinski definition) is 6. The lowest BCUT2D eigenvalue weighted by Gasteiger charge is -2.07. The molecule has 0 saturated carbocycles. The van der Waals surface area contributed by atoms with Gasteiger partial charge >= 0.3 is 0 Å². The van der Waals surface area contributed by atoms with Crippen LogP contribution < -0.4 is 21.5 Å². The molecular formula is C10H20N6O3S3. The minimum Gasteiger partial charge on any atom is -0.364 e. The van der Waals surface area contributed by atoms with E-state index in [0.717, 1.165) is 0 Å². The highest BCUT2D eigenvalue weighted by atomic mass is 32.2. The van der Waals surface area contributed by atoms with Crippen LogP contribution in [0.3, 0.4) is 0 Å². The third kappa shape index (κ3) is 11.3. The zero-order valence-corrected chi connectivity index (χ0v) is 15.0.